The van der Waals surface area contributed by atoms with E-state index in [1.54, 1.807) is 18.2 Å². The van der Waals surface area contributed by atoms with Crippen LogP contribution in [0.3, 0.4) is 0 Å². The standard InChI is InChI=1S/C18H25NO5/c1-12(2)11-24-14-7-6-13(10-15(14)23-3)16(20)19-18(17(21)22)8-4-5-9-18/h6-7,10,12H,4-5,8-9,11H2,1-3H3,(H,19,20)(H,21,22). The number of carboxylic acid groups (broad SMARTS) is 1. The van der Waals surface area contributed by atoms with Crippen LogP contribution < -0.4 is 14.8 Å². The van der Waals surface area contributed by atoms with Crippen molar-refractivity contribution >= 4 is 11.9 Å². The van der Waals surface area contributed by atoms with Crippen molar-refractivity contribution in [3.05, 3.63) is 23.8 Å². The van der Waals surface area contributed by atoms with Crippen molar-refractivity contribution in [2.45, 2.75) is 45.1 Å². The number of ether oxygens (including phenoxy) is 2. The van der Waals surface area contributed by atoms with Crippen molar-refractivity contribution in [3.8, 4) is 11.5 Å². The number of carbonyl (C=O) groups excluding carboxylic acids is 1. The molecular formula is C18H25NO5. The van der Waals surface area contributed by atoms with Gasteiger partial charge in [0, 0.05) is 5.56 Å². The van der Waals surface area contributed by atoms with E-state index in [-0.39, 0.29) is 0 Å². The Kier molecular flexibility index (Phi) is 5.70. The maximum atomic E-state index is 12.5. The number of aliphatic carboxylic acids is 1. The van der Waals surface area contributed by atoms with Gasteiger partial charge in [-0.2, -0.15) is 0 Å². The second-order valence-electron chi connectivity index (χ2n) is 6.62. The molecule has 132 valence electrons. The molecule has 2 rings (SSSR count). The number of benzene rings is 1. The summed E-state index contributed by atoms with van der Waals surface area (Å²) < 4.78 is 11.0. The zero-order valence-electron chi connectivity index (χ0n) is 14.4. The van der Waals surface area contributed by atoms with Gasteiger partial charge in [0.1, 0.15) is 5.54 Å². The minimum Gasteiger partial charge on any atom is -0.493 e. The molecule has 2 N–H and O–H groups in total. The number of carbonyl (C=O) groups is 2. The fourth-order valence-corrected chi connectivity index (χ4v) is 2.84. The number of carboxylic acids is 1. The first-order valence-corrected chi connectivity index (χ1v) is 8.25. The predicted molar refractivity (Wildman–Crippen MR) is 89.6 cm³/mol. The van der Waals surface area contributed by atoms with Crippen LogP contribution in [0, 0.1) is 5.92 Å². The SMILES string of the molecule is COc1cc(C(=O)NC2(C(=O)O)CCCC2)ccc1OCC(C)C. The number of hydrogen-bond acceptors (Lipinski definition) is 4. The van der Waals surface area contributed by atoms with Crippen LogP contribution in [0.15, 0.2) is 18.2 Å². The van der Waals surface area contributed by atoms with Gasteiger partial charge in [-0.05, 0) is 37.0 Å². The van der Waals surface area contributed by atoms with Crippen LogP contribution in [0.4, 0.5) is 0 Å². The lowest BCUT2D eigenvalue weighted by atomic mass is 9.97. The summed E-state index contributed by atoms with van der Waals surface area (Å²) in [5.41, 5.74) is -0.798. The average Bonchev–Trinajstić information content (AvgIpc) is 3.02. The zero-order chi connectivity index (χ0) is 17.7. The summed E-state index contributed by atoms with van der Waals surface area (Å²) in [6.45, 7) is 4.63. The van der Waals surface area contributed by atoms with Crippen molar-refractivity contribution in [3.63, 3.8) is 0 Å². The predicted octanol–water partition coefficient (Wildman–Crippen LogP) is 2.86. The van der Waals surface area contributed by atoms with Gasteiger partial charge in [-0.1, -0.05) is 26.7 Å². The van der Waals surface area contributed by atoms with Crippen molar-refractivity contribution in [1.82, 2.24) is 5.32 Å². The molecule has 0 aliphatic heterocycles. The van der Waals surface area contributed by atoms with Gasteiger partial charge in [-0.3, -0.25) is 4.79 Å². The highest BCUT2D eigenvalue weighted by Crippen LogP contribution is 2.32. The van der Waals surface area contributed by atoms with Crippen LogP contribution in [0.5, 0.6) is 11.5 Å². The first-order valence-electron chi connectivity index (χ1n) is 8.25. The molecule has 6 heteroatoms. The van der Waals surface area contributed by atoms with E-state index >= 15 is 0 Å². The summed E-state index contributed by atoms with van der Waals surface area (Å²) >= 11 is 0. The fourth-order valence-electron chi connectivity index (χ4n) is 2.84. The van der Waals surface area contributed by atoms with Gasteiger partial charge < -0.3 is 19.9 Å². The number of nitrogens with one attached hydrogen (secondary N) is 1. The lowest BCUT2D eigenvalue weighted by Crippen LogP contribution is -2.52. The smallest absolute Gasteiger partial charge is 0.329 e. The molecule has 1 fully saturated rings. The maximum Gasteiger partial charge on any atom is 0.329 e. The molecule has 0 atom stereocenters. The Balaban J connectivity index is 2.16. The molecule has 1 aromatic rings. The zero-order valence-corrected chi connectivity index (χ0v) is 14.4. The molecule has 1 aromatic carbocycles. The van der Waals surface area contributed by atoms with Gasteiger partial charge >= 0.3 is 5.97 Å². The molecule has 0 aromatic heterocycles. The van der Waals surface area contributed by atoms with Gasteiger partial charge in [0.15, 0.2) is 11.5 Å². The average molecular weight is 335 g/mol. The number of hydrogen-bond donors (Lipinski definition) is 2. The Bertz CT molecular complexity index is 605. The van der Waals surface area contributed by atoms with E-state index < -0.39 is 17.4 Å². The summed E-state index contributed by atoms with van der Waals surface area (Å²) in [5, 5.41) is 12.2. The number of amides is 1. The molecule has 0 unspecified atom stereocenters. The van der Waals surface area contributed by atoms with E-state index in [2.05, 4.69) is 5.32 Å². The molecule has 1 aliphatic rings. The Morgan fingerprint density at radius 2 is 1.92 bits per heavy atom. The van der Waals surface area contributed by atoms with Crippen LogP contribution in [0.2, 0.25) is 0 Å². The molecule has 24 heavy (non-hydrogen) atoms. The van der Waals surface area contributed by atoms with Crippen LogP contribution >= 0.6 is 0 Å². The largest absolute Gasteiger partial charge is 0.493 e. The third kappa shape index (κ3) is 3.99. The van der Waals surface area contributed by atoms with Crippen LogP contribution in [0.25, 0.3) is 0 Å². The monoisotopic (exact) mass is 335 g/mol. The minimum atomic E-state index is -1.16. The molecular weight excluding hydrogens is 310 g/mol. The van der Waals surface area contributed by atoms with E-state index in [0.717, 1.165) is 12.8 Å². The third-order valence-electron chi connectivity index (χ3n) is 4.22. The summed E-state index contributed by atoms with van der Waals surface area (Å²) in [6.07, 6.45) is 2.53. The molecule has 1 saturated carbocycles. The molecule has 0 spiro atoms. The van der Waals surface area contributed by atoms with E-state index in [9.17, 15) is 14.7 Å². The van der Waals surface area contributed by atoms with Crippen molar-refractivity contribution < 1.29 is 24.2 Å². The van der Waals surface area contributed by atoms with E-state index in [1.807, 2.05) is 13.8 Å². The first-order chi connectivity index (χ1) is 11.4. The van der Waals surface area contributed by atoms with Gasteiger partial charge in [0.25, 0.3) is 5.91 Å². The lowest BCUT2D eigenvalue weighted by Gasteiger charge is -2.25. The Labute approximate surface area is 142 Å². The van der Waals surface area contributed by atoms with E-state index in [1.165, 1.54) is 7.11 Å². The van der Waals surface area contributed by atoms with Gasteiger partial charge in [0.2, 0.25) is 0 Å². The topological polar surface area (TPSA) is 84.9 Å². The minimum absolute atomic E-state index is 0.358. The highest BCUT2D eigenvalue weighted by Gasteiger charge is 2.42. The number of methoxy groups -OCH3 is 1. The van der Waals surface area contributed by atoms with Crippen molar-refractivity contribution in [2.75, 3.05) is 13.7 Å². The van der Waals surface area contributed by atoms with Crippen LogP contribution in [0.1, 0.15) is 49.9 Å². The summed E-state index contributed by atoms with van der Waals surface area (Å²) in [7, 11) is 1.51. The Hall–Kier alpha value is -2.24. The third-order valence-corrected chi connectivity index (χ3v) is 4.22. The van der Waals surface area contributed by atoms with Gasteiger partial charge in [-0.25, -0.2) is 4.79 Å². The highest BCUT2D eigenvalue weighted by atomic mass is 16.5. The van der Waals surface area contributed by atoms with Crippen LogP contribution in [-0.2, 0) is 4.79 Å². The van der Waals surface area contributed by atoms with Gasteiger partial charge in [-0.15, -0.1) is 0 Å². The highest BCUT2D eigenvalue weighted by molar-refractivity contribution is 5.98. The molecule has 0 heterocycles. The van der Waals surface area contributed by atoms with E-state index in [4.69, 9.17) is 9.47 Å². The van der Waals surface area contributed by atoms with Crippen molar-refractivity contribution in [1.29, 1.82) is 0 Å². The first kappa shape index (κ1) is 18.1. The molecule has 0 saturated heterocycles. The normalized spacial score (nSPS) is 16.0. The maximum absolute atomic E-state index is 12.5. The van der Waals surface area contributed by atoms with Crippen molar-refractivity contribution in [2.24, 2.45) is 5.92 Å². The van der Waals surface area contributed by atoms with E-state index in [0.29, 0.717) is 42.4 Å². The summed E-state index contributed by atoms with van der Waals surface area (Å²) in [5.74, 6) is 0.0105. The second kappa shape index (κ2) is 7.55. The summed E-state index contributed by atoms with van der Waals surface area (Å²) in [6, 6.07) is 4.88. The molecule has 6 nitrogen and oxygen atoms in total. The summed E-state index contributed by atoms with van der Waals surface area (Å²) in [4.78, 5) is 24.0. The number of rotatable bonds is 7. The second-order valence-corrected chi connectivity index (χ2v) is 6.62. The molecule has 0 radical (unpaired) electrons. The Morgan fingerprint density at radius 1 is 1.25 bits per heavy atom. The quantitative estimate of drug-likeness (QED) is 0.800. The molecule has 1 aliphatic carbocycles. The Morgan fingerprint density at radius 3 is 2.46 bits per heavy atom. The van der Waals surface area contributed by atoms with Crippen LogP contribution in [-0.4, -0.2) is 36.2 Å². The molecule has 0 bridgehead atoms. The fraction of sp³-hybridized carbons (Fsp3) is 0.556. The lowest BCUT2D eigenvalue weighted by molar-refractivity contribution is -0.144. The molecule has 1 amide bonds. The van der Waals surface area contributed by atoms with Gasteiger partial charge in [0.05, 0.1) is 13.7 Å².